The lowest BCUT2D eigenvalue weighted by molar-refractivity contribution is -0.140. The summed E-state index contributed by atoms with van der Waals surface area (Å²) in [5, 5.41) is 1.34. The number of carbonyl (C=O) groups excluding carboxylic acids is 1. The van der Waals surface area contributed by atoms with Crippen LogP contribution in [-0.4, -0.2) is 27.9 Å². The molecule has 0 aromatic carbocycles. The van der Waals surface area contributed by atoms with Crippen LogP contribution in [0.3, 0.4) is 0 Å². The van der Waals surface area contributed by atoms with Crippen molar-refractivity contribution in [1.82, 2.24) is 9.55 Å². The summed E-state index contributed by atoms with van der Waals surface area (Å²) >= 11 is 2.91. The summed E-state index contributed by atoms with van der Waals surface area (Å²) in [5.74, 6) is -0.103. The van der Waals surface area contributed by atoms with E-state index in [0.717, 1.165) is 54.3 Å². The van der Waals surface area contributed by atoms with Crippen LogP contribution in [0.5, 0.6) is 0 Å². The van der Waals surface area contributed by atoms with E-state index in [2.05, 4.69) is 13.5 Å². The first-order valence-electron chi connectivity index (χ1n) is 9.99. The molecule has 28 heavy (non-hydrogen) atoms. The van der Waals surface area contributed by atoms with Gasteiger partial charge in [-0.3, -0.25) is 14.2 Å². The lowest BCUT2D eigenvalue weighted by Gasteiger charge is -2.13. The first kappa shape index (κ1) is 21.1. The summed E-state index contributed by atoms with van der Waals surface area (Å²) in [6.07, 6.45) is 7.31. The average molecular weight is 421 g/mol. The number of hydrogen-bond donors (Lipinski definition) is 0. The number of esters is 1. The Balaban J connectivity index is 1.85. The standard InChI is InChI=1S/C21H28N2O3S2/c1-4-5-8-11-26-17(24)13-27-21-22-19-18(20(25)23(21)12-14(2)3)15-9-6-7-10-16(15)28-19/h2,4-13H2,1,3H3. The van der Waals surface area contributed by atoms with Gasteiger partial charge in [0.25, 0.3) is 5.56 Å². The fourth-order valence-electron chi connectivity index (χ4n) is 3.44. The highest BCUT2D eigenvalue weighted by atomic mass is 32.2. The Bertz CT molecular complexity index is 930. The maximum atomic E-state index is 13.3. The molecular formula is C21H28N2O3S2. The van der Waals surface area contributed by atoms with E-state index in [1.807, 2.05) is 6.92 Å². The van der Waals surface area contributed by atoms with E-state index in [-0.39, 0.29) is 17.3 Å². The smallest absolute Gasteiger partial charge is 0.316 e. The van der Waals surface area contributed by atoms with Crippen LogP contribution in [0.15, 0.2) is 22.1 Å². The van der Waals surface area contributed by atoms with Gasteiger partial charge in [0.05, 0.1) is 17.7 Å². The summed E-state index contributed by atoms with van der Waals surface area (Å²) in [6, 6.07) is 0. The molecule has 2 aromatic rings. The minimum absolute atomic E-state index is 0.00814. The molecule has 2 aromatic heterocycles. The molecule has 0 atom stereocenters. The highest BCUT2D eigenvalue weighted by Crippen LogP contribution is 2.34. The Morgan fingerprint density at radius 3 is 2.86 bits per heavy atom. The summed E-state index contributed by atoms with van der Waals surface area (Å²) < 4.78 is 6.95. The molecule has 7 heteroatoms. The van der Waals surface area contributed by atoms with Gasteiger partial charge >= 0.3 is 5.97 Å². The first-order valence-corrected chi connectivity index (χ1v) is 11.8. The minimum atomic E-state index is -0.261. The second-order valence-electron chi connectivity index (χ2n) is 7.35. The summed E-state index contributed by atoms with van der Waals surface area (Å²) in [4.78, 5) is 32.2. The normalized spacial score (nSPS) is 13.5. The number of rotatable bonds is 9. The molecule has 0 amide bonds. The molecule has 0 fully saturated rings. The molecule has 0 bridgehead atoms. The molecule has 3 rings (SSSR count). The van der Waals surface area contributed by atoms with Gasteiger partial charge in [-0.1, -0.05) is 43.7 Å². The van der Waals surface area contributed by atoms with Gasteiger partial charge in [0.1, 0.15) is 4.83 Å². The Labute approximate surface area is 174 Å². The van der Waals surface area contributed by atoms with E-state index >= 15 is 0 Å². The van der Waals surface area contributed by atoms with Crippen LogP contribution in [0.2, 0.25) is 0 Å². The van der Waals surface area contributed by atoms with E-state index in [0.29, 0.717) is 18.3 Å². The Hall–Kier alpha value is -1.60. The number of nitrogens with zero attached hydrogens (tertiary/aromatic N) is 2. The zero-order chi connectivity index (χ0) is 20.1. The maximum absolute atomic E-state index is 13.3. The van der Waals surface area contributed by atoms with Crippen molar-refractivity contribution in [2.45, 2.75) is 70.5 Å². The third-order valence-electron chi connectivity index (χ3n) is 4.80. The molecule has 0 aliphatic heterocycles. The molecule has 1 aliphatic rings. The fraction of sp³-hybridized carbons (Fsp3) is 0.571. The number of fused-ring (bicyclic) bond motifs is 3. The lowest BCUT2D eigenvalue weighted by atomic mass is 9.97. The van der Waals surface area contributed by atoms with Crippen LogP contribution < -0.4 is 5.56 Å². The number of aryl methyl sites for hydroxylation is 2. The Morgan fingerprint density at radius 2 is 2.11 bits per heavy atom. The van der Waals surface area contributed by atoms with Gasteiger partial charge in [-0.05, 0) is 44.6 Å². The first-order chi connectivity index (χ1) is 13.5. The molecule has 5 nitrogen and oxygen atoms in total. The molecule has 0 unspecified atom stereocenters. The van der Waals surface area contributed by atoms with Crippen molar-refractivity contribution >= 4 is 39.3 Å². The fourth-order valence-corrected chi connectivity index (χ4v) is 5.54. The van der Waals surface area contributed by atoms with Gasteiger partial charge in [-0.2, -0.15) is 0 Å². The third-order valence-corrected chi connectivity index (χ3v) is 6.93. The van der Waals surface area contributed by atoms with Gasteiger partial charge in [-0.15, -0.1) is 11.3 Å². The minimum Gasteiger partial charge on any atom is -0.465 e. The van der Waals surface area contributed by atoms with Crippen LogP contribution in [0.4, 0.5) is 0 Å². The van der Waals surface area contributed by atoms with E-state index in [1.165, 1.54) is 28.6 Å². The van der Waals surface area contributed by atoms with E-state index in [1.54, 1.807) is 15.9 Å². The number of unbranched alkanes of at least 4 members (excludes halogenated alkanes) is 2. The van der Waals surface area contributed by atoms with E-state index in [4.69, 9.17) is 9.72 Å². The van der Waals surface area contributed by atoms with Gasteiger partial charge in [0, 0.05) is 11.4 Å². The van der Waals surface area contributed by atoms with Crippen molar-refractivity contribution < 1.29 is 9.53 Å². The number of ether oxygens (including phenoxy) is 1. The van der Waals surface area contributed by atoms with Crippen LogP contribution in [0, 0.1) is 0 Å². The second-order valence-corrected chi connectivity index (χ2v) is 9.38. The zero-order valence-electron chi connectivity index (χ0n) is 16.7. The predicted octanol–water partition coefficient (Wildman–Crippen LogP) is 4.74. The molecule has 1 aliphatic carbocycles. The summed E-state index contributed by atoms with van der Waals surface area (Å²) in [7, 11) is 0. The van der Waals surface area contributed by atoms with Crippen molar-refractivity contribution in [3.63, 3.8) is 0 Å². The zero-order valence-corrected chi connectivity index (χ0v) is 18.3. The van der Waals surface area contributed by atoms with E-state index < -0.39 is 0 Å². The average Bonchev–Trinajstić information content (AvgIpc) is 3.04. The molecule has 152 valence electrons. The van der Waals surface area contributed by atoms with Crippen molar-refractivity contribution in [3.8, 4) is 0 Å². The van der Waals surface area contributed by atoms with Crippen LogP contribution in [-0.2, 0) is 28.9 Å². The molecule has 0 radical (unpaired) electrons. The summed E-state index contributed by atoms with van der Waals surface area (Å²) in [6.45, 7) is 8.84. The molecule has 0 spiro atoms. The number of thioether (sulfide) groups is 1. The number of thiophene rings is 1. The number of carbonyl (C=O) groups is 1. The second kappa shape index (κ2) is 9.74. The quantitative estimate of drug-likeness (QED) is 0.193. The molecule has 0 saturated carbocycles. The van der Waals surface area contributed by atoms with Crippen molar-refractivity contribution in [2.75, 3.05) is 12.4 Å². The van der Waals surface area contributed by atoms with Crippen molar-refractivity contribution in [3.05, 3.63) is 32.9 Å². The highest BCUT2D eigenvalue weighted by Gasteiger charge is 2.22. The lowest BCUT2D eigenvalue weighted by Crippen LogP contribution is -2.24. The molecular weight excluding hydrogens is 392 g/mol. The largest absolute Gasteiger partial charge is 0.465 e. The third kappa shape index (κ3) is 4.87. The monoisotopic (exact) mass is 420 g/mol. The van der Waals surface area contributed by atoms with E-state index in [9.17, 15) is 9.59 Å². The van der Waals surface area contributed by atoms with Crippen LogP contribution >= 0.6 is 23.1 Å². The molecule has 0 saturated heterocycles. The van der Waals surface area contributed by atoms with Gasteiger partial charge in [0.15, 0.2) is 5.16 Å². The SMILES string of the molecule is C=C(C)Cn1c(SCC(=O)OCCCCC)nc2sc3c(c2c1=O)CCCC3. The highest BCUT2D eigenvalue weighted by molar-refractivity contribution is 7.99. The van der Waals surface area contributed by atoms with Crippen molar-refractivity contribution in [2.24, 2.45) is 0 Å². The van der Waals surface area contributed by atoms with Gasteiger partial charge < -0.3 is 4.74 Å². The van der Waals surface area contributed by atoms with Gasteiger partial charge in [-0.25, -0.2) is 4.98 Å². The number of allylic oxidation sites excluding steroid dienone is 1. The van der Waals surface area contributed by atoms with Crippen LogP contribution in [0.1, 0.15) is 56.4 Å². The number of hydrogen-bond acceptors (Lipinski definition) is 6. The number of aromatic nitrogens is 2. The molecule has 0 N–H and O–H groups in total. The van der Waals surface area contributed by atoms with Crippen molar-refractivity contribution in [1.29, 1.82) is 0 Å². The summed E-state index contributed by atoms with van der Waals surface area (Å²) in [5.41, 5.74) is 2.06. The Kier molecular flexibility index (Phi) is 7.35. The topological polar surface area (TPSA) is 61.2 Å². The van der Waals surface area contributed by atoms with Gasteiger partial charge in [0.2, 0.25) is 0 Å². The maximum Gasteiger partial charge on any atom is 0.316 e. The predicted molar refractivity (Wildman–Crippen MR) is 117 cm³/mol. The molecule has 2 heterocycles. The van der Waals surface area contributed by atoms with Crippen LogP contribution in [0.25, 0.3) is 10.2 Å². The Morgan fingerprint density at radius 1 is 1.32 bits per heavy atom.